The second-order valence-corrected chi connectivity index (χ2v) is 7.04. The number of aromatic nitrogens is 2. The van der Waals surface area contributed by atoms with E-state index in [1.807, 2.05) is 23.0 Å². The standard InChI is InChI=1S/C21H23N3O2/c1-14-4-5-20-15(8-11-26-20)17(14)12-18-16-7-10-24(13-21(25)23(2)3)19(16)6-9-22-18/h4-7,9-10H,8,11-13H2,1-3H3. The van der Waals surface area contributed by atoms with Gasteiger partial charge in [-0.25, -0.2) is 0 Å². The van der Waals surface area contributed by atoms with Gasteiger partial charge in [0.05, 0.1) is 17.8 Å². The van der Waals surface area contributed by atoms with Crippen LogP contribution in [0.2, 0.25) is 0 Å². The molecule has 1 amide bonds. The molecule has 0 unspecified atom stereocenters. The van der Waals surface area contributed by atoms with E-state index in [1.165, 1.54) is 16.7 Å². The number of rotatable bonds is 4. The topological polar surface area (TPSA) is 47.4 Å². The lowest BCUT2D eigenvalue weighted by atomic mass is 9.95. The summed E-state index contributed by atoms with van der Waals surface area (Å²) in [5, 5.41) is 1.11. The van der Waals surface area contributed by atoms with Gasteiger partial charge in [-0.1, -0.05) is 6.07 Å². The number of fused-ring (bicyclic) bond motifs is 2. The average molecular weight is 349 g/mol. The van der Waals surface area contributed by atoms with E-state index in [0.717, 1.165) is 41.8 Å². The highest BCUT2D eigenvalue weighted by atomic mass is 16.5. The minimum absolute atomic E-state index is 0.0785. The Bertz CT molecular complexity index is 988. The average Bonchev–Trinajstić information content (AvgIpc) is 3.25. The van der Waals surface area contributed by atoms with Crippen molar-refractivity contribution < 1.29 is 9.53 Å². The summed E-state index contributed by atoms with van der Waals surface area (Å²) in [7, 11) is 3.56. The van der Waals surface area contributed by atoms with E-state index in [2.05, 4.69) is 30.1 Å². The molecule has 1 aromatic carbocycles. The van der Waals surface area contributed by atoms with Gasteiger partial charge in [-0.05, 0) is 36.2 Å². The molecule has 134 valence electrons. The van der Waals surface area contributed by atoms with Crippen LogP contribution in [0.15, 0.2) is 36.7 Å². The van der Waals surface area contributed by atoms with Crippen LogP contribution in [0.4, 0.5) is 0 Å². The second-order valence-electron chi connectivity index (χ2n) is 7.04. The van der Waals surface area contributed by atoms with Gasteiger partial charge in [0, 0.05) is 50.3 Å². The number of benzene rings is 1. The van der Waals surface area contributed by atoms with Crippen LogP contribution in [0.5, 0.6) is 5.75 Å². The van der Waals surface area contributed by atoms with Crippen molar-refractivity contribution in [1.82, 2.24) is 14.5 Å². The lowest BCUT2D eigenvalue weighted by molar-refractivity contribution is -0.129. The molecule has 4 rings (SSSR count). The molecule has 5 nitrogen and oxygen atoms in total. The highest BCUT2D eigenvalue weighted by molar-refractivity contribution is 5.85. The third kappa shape index (κ3) is 2.83. The number of hydrogen-bond acceptors (Lipinski definition) is 3. The monoisotopic (exact) mass is 349 g/mol. The number of hydrogen-bond donors (Lipinski definition) is 0. The maximum Gasteiger partial charge on any atom is 0.241 e. The Balaban J connectivity index is 1.72. The summed E-state index contributed by atoms with van der Waals surface area (Å²) < 4.78 is 7.72. The molecule has 0 saturated carbocycles. The number of nitrogens with zero attached hydrogens (tertiary/aromatic N) is 3. The van der Waals surface area contributed by atoms with Gasteiger partial charge in [-0.15, -0.1) is 0 Å². The zero-order chi connectivity index (χ0) is 18.3. The molecule has 0 atom stereocenters. The normalized spacial score (nSPS) is 12.9. The molecular weight excluding hydrogens is 326 g/mol. The lowest BCUT2D eigenvalue weighted by Crippen LogP contribution is -2.25. The fraction of sp³-hybridized carbons (Fsp3) is 0.333. The number of aryl methyl sites for hydroxylation is 1. The summed E-state index contributed by atoms with van der Waals surface area (Å²) in [6.07, 6.45) is 5.55. The van der Waals surface area contributed by atoms with E-state index in [0.29, 0.717) is 6.54 Å². The van der Waals surface area contributed by atoms with Gasteiger partial charge >= 0.3 is 0 Å². The molecule has 1 aliphatic heterocycles. The van der Waals surface area contributed by atoms with E-state index in [9.17, 15) is 4.79 Å². The molecule has 0 N–H and O–H groups in total. The van der Waals surface area contributed by atoms with Gasteiger partial charge in [0.2, 0.25) is 5.91 Å². The van der Waals surface area contributed by atoms with Gasteiger partial charge in [0.15, 0.2) is 0 Å². The third-order valence-electron chi connectivity index (χ3n) is 5.16. The SMILES string of the molecule is Cc1ccc2c(c1Cc1nccc3c1ccn3CC(=O)N(C)C)CCO2. The van der Waals surface area contributed by atoms with E-state index < -0.39 is 0 Å². The number of pyridine rings is 1. The zero-order valence-corrected chi connectivity index (χ0v) is 15.5. The number of carbonyl (C=O) groups is 1. The molecule has 3 heterocycles. The van der Waals surface area contributed by atoms with Crippen LogP contribution in [0.25, 0.3) is 10.9 Å². The second kappa shape index (κ2) is 6.48. The van der Waals surface area contributed by atoms with Crippen LogP contribution in [-0.4, -0.2) is 41.1 Å². The minimum Gasteiger partial charge on any atom is -0.493 e. The summed E-state index contributed by atoms with van der Waals surface area (Å²) in [5.74, 6) is 1.08. The van der Waals surface area contributed by atoms with Crippen molar-refractivity contribution in [3.8, 4) is 5.75 Å². The van der Waals surface area contributed by atoms with Crippen LogP contribution in [0.3, 0.4) is 0 Å². The Labute approximate surface area is 153 Å². The van der Waals surface area contributed by atoms with Crippen LogP contribution in [0.1, 0.15) is 22.4 Å². The fourth-order valence-electron chi connectivity index (χ4n) is 3.62. The Hall–Kier alpha value is -2.82. The van der Waals surface area contributed by atoms with E-state index in [-0.39, 0.29) is 5.91 Å². The number of ether oxygens (including phenoxy) is 1. The van der Waals surface area contributed by atoms with Crippen molar-refractivity contribution >= 4 is 16.8 Å². The van der Waals surface area contributed by atoms with Gasteiger partial charge in [0.1, 0.15) is 12.3 Å². The van der Waals surface area contributed by atoms with Crippen LogP contribution in [-0.2, 0) is 24.2 Å². The molecular formula is C21H23N3O2. The molecule has 0 spiro atoms. The zero-order valence-electron chi connectivity index (χ0n) is 15.5. The minimum atomic E-state index is 0.0785. The predicted octanol–water partition coefficient (Wildman–Crippen LogP) is 2.96. The quantitative estimate of drug-likeness (QED) is 0.728. The maximum absolute atomic E-state index is 12.1. The smallest absolute Gasteiger partial charge is 0.241 e. The van der Waals surface area contributed by atoms with Crippen molar-refractivity contribution in [2.75, 3.05) is 20.7 Å². The summed E-state index contributed by atoms with van der Waals surface area (Å²) in [6.45, 7) is 3.25. The van der Waals surface area contributed by atoms with Crippen molar-refractivity contribution in [3.05, 3.63) is 59.0 Å². The molecule has 0 bridgehead atoms. The van der Waals surface area contributed by atoms with Crippen LogP contribution in [0, 0.1) is 6.92 Å². The number of carbonyl (C=O) groups excluding carboxylic acids is 1. The Morgan fingerprint density at radius 3 is 2.92 bits per heavy atom. The molecule has 0 saturated heterocycles. The van der Waals surface area contributed by atoms with Crippen molar-refractivity contribution in [1.29, 1.82) is 0 Å². The largest absolute Gasteiger partial charge is 0.493 e. The fourth-order valence-corrected chi connectivity index (χ4v) is 3.62. The summed E-state index contributed by atoms with van der Waals surface area (Å²) in [4.78, 5) is 18.3. The first kappa shape index (κ1) is 16.6. The van der Waals surface area contributed by atoms with Gasteiger partial charge < -0.3 is 14.2 Å². The maximum atomic E-state index is 12.1. The van der Waals surface area contributed by atoms with Crippen LogP contribution >= 0.6 is 0 Å². The molecule has 0 fully saturated rings. The molecule has 2 aromatic heterocycles. The first-order valence-electron chi connectivity index (χ1n) is 8.91. The molecule has 26 heavy (non-hydrogen) atoms. The molecule has 0 radical (unpaired) electrons. The van der Waals surface area contributed by atoms with Crippen molar-refractivity contribution in [2.45, 2.75) is 26.3 Å². The first-order chi connectivity index (χ1) is 12.5. The number of amides is 1. The van der Waals surface area contributed by atoms with Crippen LogP contribution < -0.4 is 4.74 Å². The third-order valence-corrected chi connectivity index (χ3v) is 5.16. The number of likely N-dealkylation sites (N-methyl/N-ethyl adjacent to an activating group) is 1. The highest BCUT2D eigenvalue weighted by Gasteiger charge is 2.19. The first-order valence-corrected chi connectivity index (χ1v) is 8.91. The lowest BCUT2D eigenvalue weighted by Gasteiger charge is -2.13. The van der Waals surface area contributed by atoms with E-state index >= 15 is 0 Å². The Morgan fingerprint density at radius 1 is 1.27 bits per heavy atom. The summed E-state index contributed by atoms with van der Waals surface area (Å²) in [6, 6.07) is 8.24. The van der Waals surface area contributed by atoms with E-state index in [4.69, 9.17) is 4.74 Å². The van der Waals surface area contributed by atoms with E-state index in [1.54, 1.807) is 19.0 Å². The summed E-state index contributed by atoms with van der Waals surface area (Å²) >= 11 is 0. The van der Waals surface area contributed by atoms with Gasteiger partial charge in [-0.2, -0.15) is 0 Å². The highest BCUT2D eigenvalue weighted by Crippen LogP contribution is 2.32. The molecule has 3 aromatic rings. The predicted molar refractivity (Wildman–Crippen MR) is 102 cm³/mol. The molecule has 5 heteroatoms. The van der Waals surface area contributed by atoms with Crippen molar-refractivity contribution in [3.63, 3.8) is 0 Å². The molecule has 1 aliphatic rings. The van der Waals surface area contributed by atoms with Crippen molar-refractivity contribution in [2.24, 2.45) is 0 Å². The van der Waals surface area contributed by atoms with Gasteiger partial charge in [0.25, 0.3) is 0 Å². The summed E-state index contributed by atoms with van der Waals surface area (Å²) in [5.41, 5.74) is 5.99. The Kier molecular flexibility index (Phi) is 4.15. The Morgan fingerprint density at radius 2 is 2.12 bits per heavy atom. The van der Waals surface area contributed by atoms with Gasteiger partial charge in [-0.3, -0.25) is 9.78 Å². The molecule has 0 aliphatic carbocycles.